The molecule has 2 aliphatic heterocycles. The van der Waals surface area contributed by atoms with Gasteiger partial charge in [0.25, 0.3) is 0 Å². The molecule has 2 saturated heterocycles. The summed E-state index contributed by atoms with van der Waals surface area (Å²) >= 11 is 0. The molecule has 0 N–H and O–H groups in total. The minimum absolute atomic E-state index is 0.0284. The Morgan fingerprint density at radius 2 is 1.04 bits per heavy atom. The van der Waals surface area contributed by atoms with Crippen molar-refractivity contribution in [2.75, 3.05) is 13.2 Å². The first kappa shape index (κ1) is 18.9. The van der Waals surface area contributed by atoms with Crippen molar-refractivity contribution in [1.29, 1.82) is 0 Å². The second kappa shape index (κ2) is 7.94. The van der Waals surface area contributed by atoms with Crippen molar-refractivity contribution in [3.8, 4) is 0 Å². The molecule has 0 radical (unpaired) electrons. The molecular weight excluding hydrogens is 360 g/mol. The van der Waals surface area contributed by atoms with Gasteiger partial charge in [-0.25, -0.2) is 0 Å². The summed E-state index contributed by atoms with van der Waals surface area (Å²) in [5, 5.41) is 0. The molecule has 3 saturated carbocycles. The van der Waals surface area contributed by atoms with Crippen molar-refractivity contribution in [3.63, 3.8) is 0 Å². The summed E-state index contributed by atoms with van der Waals surface area (Å²) in [6, 6.07) is 0. The Morgan fingerprint density at radius 3 is 1.43 bits per heavy atom. The summed E-state index contributed by atoms with van der Waals surface area (Å²) < 4.78 is 22.2. The molecule has 0 aromatic carbocycles. The lowest BCUT2D eigenvalue weighted by molar-refractivity contribution is -0.153. The molecule has 6 heteroatoms. The summed E-state index contributed by atoms with van der Waals surface area (Å²) in [5.74, 6) is 0.920. The van der Waals surface area contributed by atoms with Crippen LogP contribution in [-0.4, -0.2) is 49.6 Å². The normalized spacial score (nSPS) is 44.0. The van der Waals surface area contributed by atoms with Crippen LogP contribution < -0.4 is 0 Å². The van der Waals surface area contributed by atoms with E-state index in [0.29, 0.717) is 49.5 Å². The number of ether oxygens (including phenoxy) is 4. The molecule has 0 aromatic rings. The van der Waals surface area contributed by atoms with Crippen LogP contribution in [0, 0.1) is 23.7 Å². The van der Waals surface area contributed by atoms with E-state index in [1.807, 2.05) is 0 Å². The number of hydrogen-bond acceptors (Lipinski definition) is 6. The highest BCUT2D eigenvalue weighted by atomic mass is 16.6. The smallest absolute Gasteiger partial charge is 0.309 e. The van der Waals surface area contributed by atoms with Crippen molar-refractivity contribution in [1.82, 2.24) is 0 Å². The van der Waals surface area contributed by atoms with Gasteiger partial charge in [0.05, 0.1) is 49.5 Å². The highest BCUT2D eigenvalue weighted by molar-refractivity contribution is 5.73. The Labute approximate surface area is 166 Å². The topological polar surface area (TPSA) is 77.7 Å². The molecule has 5 fully saturated rings. The van der Waals surface area contributed by atoms with Crippen LogP contribution in [0.3, 0.4) is 0 Å². The number of carbonyl (C=O) groups is 2. The molecule has 6 nitrogen and oxygen atoms in total. The van der Waals surface area contributed by atoms with Gasteiger partial charge < -0.3 is 18.9 Å². The molecule has 0 bridgehead atoms. The second-order valence-electron chi connectivity index (χ2n) is 9.59. The number of carbonyl (C=O) groups excluding carboxylic acids is 2. The Bertz CT molecular complexity index is 546. The monoisotopic (exact) mass is 392 g/mol. The highest BCUT2D eigenvalue weighted by Crippen LogP contribution is 2.41. The Kier molecular flexibility index (Phi) is 5.35. The number of epoxide rings is 2. The molecule has 0 amide bonds. The second-order valence-corrected chi connectivity index (χ2v) is 9.59. The zero-order valence-electron chi connectivity index (χ0n) is 16.6. The predicted molar refractivity (Wildman–Crippen MR) is 99.4 cm³/mol. The first-order chi connectivity index (χ1) is 13.7. The maximum atomic E-state index is 12.3. The van der Waals surface area contributed by atoms with E-state index in [0.717, 1.165) is 64.2 Å². The fourth-order valence-electron chi connectivity index (χ4n) is 5.44. The largest absolute Gasteiger partial charge is 0.465 e. The SMILES string of the molecule is O=C(OCC1CCC(COC(=O)[C@@H]2CC[C@@H]3O[C@@H]3C2)CC1)[C@@H]1CC[C@@H]2O[C@@H]2C1. The first-order valence-electron chi connectivity index (χ1n) is 11.3. The van der Waals surface area contributed by atoms with Gasteiger partial charge in [-0.2, -0.15) is 0 Å². The number of esters is 2. The minimum atomic E-state index is -0.0284. The van der Waals surface area contributed by atoms with E-state index in [9.17, 15) is 9.59 Å². The van der Waals surface area contributed by atoms with E-state index in [1.54, 1.807) is 0 Å². The molecule has 0 spiro atoms. The minimum Gasteiger partial charge on any atom is -0.465 e. The van der Waals surface area contributed by atoms with E-state index in [-0.39, 0.29) is 23.8 Å². The van der Waals surface area contributed by atoms with Crippen molar-refractivity contribution in [2.45, 2.75) is 88.6 Å². The predicted octanol–water partition coefficient (Wildman–Crippen LogP) is 3.01. The van der Waals surface area contributed by atoms with Gasteiger partial charge in [0, 0.05) is 0 Å². The molecule has 3 aliphatic carbocycles. The van der Waals surface area contributed by atoms with Crippen molar-refractivity contribution in [2.24, 2.45) is 23.7 Å². The fraction of sp³-hybridized carbons (Fsp3) is 0.909. The van der Waals surface area contributed by atoms with Gasteiger partial charge in [-0.3, -0.25) is 9.59 Å². The highest BCUT2D eigenvalue weighted by Gasteiger charge is 2.47. The third-order valence-electron chi connectivity index (χ3n) is 7.56. The van der Waals surface area contributed by atoms with Crippen LogP contribution in [0.15, 0.2) is 0 Å². The zero-order chi connectivity index (χ0) is 19.1. The lowest BCUT2D eigenvalue weighted by Crippen LogP contribution is -2.29. The molecule has 28 heavy (non-hydrogen) atoms. The van der Waals surface area contributed by atoms with Crippen LogP contribution in [0.1, 0.15) is 64.2 Å². The summed E-state index contributed by atoms with van der Waals surface area (Å²) in [5.41, 5.74) is 0. The summed E-state index contributed by atoms with van der Waals surface area (Å²) in [7, 11) is 0. The average molecular weight is 392 g/mol. The third kappa shape index (κ3) is 4.38. The number of fused-ring (bicyclic) bond motifs is 2. The van der Waals surface area contributed by atoms with E-state index in [1.165, 1.54) is 0 Å². The zero-order valence-corrected chi connectivity index (χ0v) is 16.6. The van der Waals surface area contributed by atoms with Crippen LogP contribution in [0.2, 0.25) is 0 Å². The van der Waals surface area contributed by atoms with Gasteiger partial charge in [-0.05, 0) is 76.0 Å². The van der Waals surface area contributed by atoms with Crippen LogP contribution in [-0.2, 0) is 28.5 Å². The van der Waals surface area contributed by atoms with Gasteiger partial charge >= 0.3 is 11.9 Å². The summed E-state index contributed by atoms with van der Waals surface area (Å²) in [6.07, 6.45) is 11.2. The molecule has 0 aromatic heterocycles. The summed E-state index contributed by atoms with van der Waals surface area (Å²) in [6.45, 7) is 1.09. The fourth-order valence-corrected chi connectivity index (χ4v) is 5.44. The molecular formula is C22H32O6. The molecule has 6 atom stereocenters. The van der Waals surface area contributed by atoms with E-state index in [2.05, 4.69) is 0 Å². The van der Waals surface area contributed by atoms with Gasteiger partial charge in [0.15, 0.2) is 0 Å². The Balaban J connectivity index is 0.961. The van der Waals surface area contributed by atoms with Crippen molar-refractivity contribution < 1.29 is 28.5 Å². The van der Waals surface area contributed by atoms with Crippen LogP contribution in [0.4, 0.5) is 0 Å². The van der Waals surface area contributed by atoms with Gasteiger partial charge in [-0.1, -0.05) is 0 Å². The Hall–Kier alpha value is -1.14. The van der Waals surface area contributed by atoms with Crippen molar-refractivity contribution >= 4 is 11.9 Å². The lowest BCUT2D eigenvalue weighted by atomic mass is 9.82. The quantitative estimate of drug-likeness (QED) is 0.511. The van der Waals surface area contributed by atoms with Crippen molar-refractivity contribution in [3.05, 3.63) is 0 Å². The molecule has 156 valence electrons. The number of hydrogen-bond donors (Lipinski definition) is 0. The van der Waals surface area contributed by atoms with E-state index >= 15 is 0 Å². The average Bonchev–Trinajstić information content (AvgIpc) is 3.63. The standard InChI is InChI=1S/C22H32O6/c23-21(15-5-7-17-19(9-15)27-17)25-11-13-1-2-14(4-3-13)12-26-22(24)16-6-8-18-20(10-16)28-18/h13-20H,1-12H2/t13?,14?,15-,16-,17+,18+,19-,20-/m1/s1. The van der Waals surface area contributed by atoms with Gasteiger partial charge in [0.2, 0.25) is 0 Å². The number of rotatable bonds is 6. The molecule has 5 rings (SSSR count). The summed E-state index contributed by atoms with van der Waals surface area (Å²) in [4.78, 5) is 24.6. The van der Waals surface area contributed by atoms with Crippen LogP contribution in [0.25, 0.3) is 0 Å². The molecule has 2 heterocycles. The van der Waals surface area contributed by atoms with E-state index < -0.39 is 0 Å². The molecule has 5 aliphatic rings. The van der Waals surface area contributed by atoms with E-state index in [4.69, 9.17) is 18.9 Å². The third-order valence-corrected chi connectivity index (χ3v) is 7.56. The maximum Gasteiger partial charge on any atom is 0.309 e. The van der Waals surface area contributed by atoms with Crippen LogP contribution >= 0.6 is 0 Å². The Morgan fingerprint density at radius 1 is 0.607 bits per heavy atom. The van der Waals surface area contributed by atoms with Gasteiger partial charge in [0.1, 0.15) is 0 Å². The lowest BCUT2D eigenvalue weighted by Gasteiger charge is -2.29. The molecule has 0 unspecified atom stereocenters. The first-order valence-corrected chi connectivity index (χ1v) is 11.3. The van der Waals surface area contributed by atoms with Gasteiger partial charge in [-0.15, -0.1) is 0 Å². The van der Waals surface area contributed by atoms with Crippen LogP contribution in [0.5, 0.6) is 0 Å². The maximum absolute atomic E-state index is 12.3.